The number of nitrogens with two attached hydrogens (primary N) is 1. The van der Waals surface area contributed by atoms with Crippen LogP contribution >= 0.6 is 11.6 Å². The van der Waals surface area contributed by atoms with Crippen molar-refractivity contribution in [2.45, 2.75) is 52.5 Å². The summed E-state index contributed by atoms with van der Waals surface area (Å²) in [4.78, 5) is 0. The third-order valence-corrected chi connectivity index (χ3v) is 3.29. The molecular weight excluding hydrogens is 246 g/mol. The summed E-state index contributed by atoms with van der Waals surface area (Å²) < 4.78 is 5.66. The van der Waals surface area contributed by atoms with E-state index >= 15 is 0 Å². The van der Waals surface area contributed by atoms with Crippen LogP contribution in [0, 0.1) is 0 Å². The maximum atomic E-state index is 6.31. The van der Waals surface area contributed by atoms with Crippen LogP contribution in [-0.4, -0.2) is 12.6 Å². The van der Waals surface area contributed by atoms with Gasteiger partial charge in [-0.3, -0.25) is 0 Å². The normalized spacial score (nSPS) is 12.5. The highest BCUT2D eigenvalue weighted by atomic mass is 35.5. The third kappa shape index (κ3) is 4.18. The van der Waals surface area contributed by atoms with Crippen LogP contribution in [0.3, 0.4) is 0 Å². The van der Waals surface area contributed by atoms with E-state index in [0.717, 1.165) is 37.0 Å². The van der Waals surface area contributed by atoms with E-state index in [0.29, 0.717) is 11.6 Å². The molecule has 0 bridgehead atoms. The molecule has 0 aliphatic heterocycles. The first kappa shape index (κ1) is 15.3. The van der Waals surface area contributed by atoms with Gasteiger partial charge in [0.05, 0.1) is 11.6 Å². The molecule has 2 N–H and O–H groups in total. The van der Waals surface area contributed by atoms with Crippen LogP contribution in [0.1, 0.15) is 44.7 Å². The van der Waals surface area contributed by atoms with Crippen molar-refractivity contribution in [2.75, 3.05) is 6.61 Å². The van der Waals surface area contributed by atoms with Crippen LogP contribution in [0.4, 0.5) is 0 Å². The summed E-state index contributed by atoms with van der Waals surface area (Å²) in [7, 11) is 0. The molecule has 0 radical (unpaired) electrons. The molecule has 0 aromatic heterocycles. The maximum absolute atomic E-state index is 6.31. The van der Waals surface area contributed by atoms with Gasteiger partial charge in [-0.2, -0.15) is 0 Å². The predicted molar refractivity (Wildman–Crippen MR) is 78.6 cm³/mol. The minimum absolute atomic E-state index is 0.164. The predicted octanol–water partition coefficient (Wildman–Crippen LogP) is 3.97. The molecule has 1 unspecified atom stereocenters. The lowest BCUT2D eigenvalue weighted by molar-refractivity contribution is 0.335. The summed E-state index contributed by atoms with van der Waals surface area (Å²) >= 11 is 6.31. The van der Waals surface area contributed by atoms with Crippen molar-refractivity contribution in [3.8, 4) is 5.75 Å². The smallest absolute Gasteiger partial charge is 0.141 e. The van der Waals surface area contributed by atoms with Crippen LogP contribution in [0.25, 0.3) is 0 Å². The summed E-state index contributed by atoms with van der Waals surface area (Å²) in [5.41, 5.74) is 8.45. The van der Waals surface area contributed by atoms with Gasteiger partial charge in [-0.25, -0.2) is 0 Å². The fourth-order valence-electron chi connectivity index (χ4n) is 2.03. The second-order valence-corrected chi connectivity index (χ2v) is 5.03. The minimum atomic E-state index is 0.164. The highest BCUT2D eigenvalue weighted by Gasteiger charge is 2.13. The number of benzene rings is 1. The highest BCUT2D eigenvalue weighted by Crippen LogP contribution is 2.32. The molecular formula is C15H24ClNO. The zero-order chi connectivity index (χ0) is 13.5. The van der Waals surface area contributed by atoms with Crippen molar-refractivity contribution < 1.29 is 4.74 Å². The van der Waals surface area contributed by atoms with Gasteiger partial charge in [0.1, 0.15) is 5.75 Å². The molecule has 0 saturated heterocycles. The molecule has 18 heavy (non-hydrogen) atoms. The molecule has 2 nitrogen and oxygen atoms in total. The first-order valence-corrected chi connectivity index (χ1v) is 7.19. The van der Waals surface area contributed by atoms with Crippen LogP contribution in [0.15, 0.2) is 12.1 Å². The van der Waals surface area contributed by atoms with Gasteiger partial charge in [0.25, 0.3) is 0 Å². The minimum Gasteiger partial charge on any atom is -0.492 e. The molecule has 0 spiro atoms. The SMILES string of the molecule is CCCc1cc(Cl)c(OCC)c(CC(N)CC)c1. The maximum Gasteiger partial charge on any atom is 0.141 e. The van der Waals surface area contributed by atoms with Gasteiger partial charge in [-0.05, 0) is 43.4 Å². The van der Waals surface area contributed by atoms with Crippen molar-refractivity contribution in [3.05, 3.63) is 28.3 Å². The van der Waals surface area contributed by atoms with E-state index in [-0.39, 0.29) is 6.04 Å². The second kappa shape index (κ2) is 7.65. The van der Waals surface area contributed by atoms with Crippen molar-refractivity contribution in [1.82, 2.24) is 0 Å². The van der Waals surface area contributed by atoms with E-state index in [4.69, 9.17) is 22.1 Å². The number of aryl methyl sites for hydroxylation is 1. The first-order valence-electron chi connectivity index (χ1n) is 6.81. The van der Waals surface area contributed by atoms with Gasteiger partial charge in [-0.15, -0.1) is 0 Å². The summed E-state index contributed by atoms with van der Waals surface area (Å²) in [6.45, 7) is 6.87. The number of hydrogen-bond donors (Lipinski definition) is 1. The van der Waals surface area contributed by atoms with Crippen LogP contribution in [0.5, 0.6) is 5.75 Å². The summed E-state index contributed by atoms with van der Waals surface area (Å²) in [6.07, 6.45) is 3.94. The van der Waals surface area contributed by atoms with Gasteiger partial charge in [0.15, 0.2) is 0 Å². The molecule has 0 amide bonds. The zero-order valence-corrected chi connectivity index (χ0v) is 12.4. The molecule has 0 saturated carbocycles. The van der Waals surface area contributed by atoms with Gasteiger partial charge in [0.2, 0.25) is 0 Å². The summed E-state index contributed by atoms with van der Waals surface area (Å²) in [5, 5.41) is 0.709. The van der Waals surface area contributed by atoms with Gasteiger partial charge >= 0.3 is 0 Å². The standard InChI is InChI=1S/C15H24ClNO/c1-4-7-11-8-12(10-13(17)5-2)15(18-6-3)14(16)9-11/h8-9,13H,4-7,10,17H2,1-3H3. The Labute approximate surface area is 115 Å². The lowest BCUT2D eigenvalue weighted by atomic mass is 9.99. The quantitative estimate of drug-likeness (QED) is 0.813. The van der Waals surface area contributed by atoms with E-state index in [1.807, 2.05) is 13.0 Å². The molecule has 1 rings (SSSR count). The van der Waals surface area contributed by atoms with Gasteiger partial charge in [-0.1, -0.05) is 37.9 Å². The first-order chi connectivity index (χ1) is 8.62. The van der Waals surface area contributed by atoms with E-state index < -0.39 is 0 Å². The Hall–Kier alpha value is -0.730. The Morgan fingerprint density at radius 3 is 2.56 bits per heavy atom. The molecule has 1 atom stereocenters. The highest BCUT2D eigenvalue weighted by molar-refractivity contribution is 6.32. The van der Waals surface area contributed by atoms with Crippen LogP contribution < -0.4 is 10.5 Å². The number of rotatable bonds is 7. The lowest BCUT2D eigenvalue weighted by Gasteiger charge is -2.16. The van der Waals surface area contributed by atoms with Crippen molar-refractivity contribution in [2.24, 2.45) is 5.73 Å². The Balaban J connectivity index is 3.06. The van der Waals surface area contributed by atoms with E-state index in [9.17, 15) is 0 Å². The van der Waals surface area contributed by atoms with Crippen molar-refractivity contribution >= 4 is 11.6 Å². The fraction of sp³-hybridized carbons (Fsp3) is 0.600. The van der Waals surface area contributed by atoms with Gasteiger partial charge < -0.3 is 10.5 Å². The molecule has 0 fully saturated rings. The second-order valence-electron chi connectivity index (χ2n) is 4.62. The molecule has 1 aromatic carbocycles. The Morgan fingerprint density at radius 1 is 1.28 bits per heavy atom. The summed E-state index contributed by atoms with van der Waals surface area (Å²) in [6, 6.07) is 4.37. The lowest BCUT2D eigenvalue weighted by Crippen LogP contribution is -2.22. The largest absolute Gasteiger partial charge is 0.492 e. The molecule has 0 heterocycles. The number of ether oxygens (including phenoxy) is 1. The number of halogens is 1. The van der Waals surface area contributed by atoms with Crippen LogP contribution in [-0.2, 0) is 12.8 Å². The molecule has 1 aromatic rings. The Kier molecular flexibility index (Phi) is 6.51. The Bertz CT molecular complexity index is 379. The van der Waals surface area contributed by atoms with E-state index in [2.05, 4.69) is 19.9 Å². The Morgan fingerprint density at radius 2 is 2.00 bits per heavy atom. The van der Waals surface area contributed by atoms with Crippen molar-refractivity contribution in [1.29, 1.82) is 0 Å². The van der Waals surface area contributed by atoms with Gasteiger partial charge in [0, 0.05) is 6.04 Å². The summed E-state index contributed by atoms with van der Waals surface area (Å²) in [5.74, 6) is 0.808. The topological polar surface area (TPSA) is 35.2 Å². The average Bonchev–Trinajstić information content (AvgIpc) is 2.34. The molecule has 0 aliphatic rings. The average molecular weight is 270 g/mol. The monoisotopic (exact) mass is 269 g/mol. The number of hydrogen-bond acceptors (Lipinski definition) is 2. The third-order valence-electron chi connectivity index (χ3n) is 3.01. The van der Waals surface area contributed by atoms with Crippen LogP contribution in [0.2, 0.25) is 5.02 Å². The fourth-order valence-corrected chi connectivity index (χ4v) is 2.35. The molecule has 102 valence electrons. The molecule has 3 heteroatoms. The van der Waals surface area contributed by atoms with E-state index in [1.165, 1.54) is 5.56 Å². The van der Waals surface area contributed by atoms with E-state index in [1.54, 1.807) is 0 Å². The molecule has 0 aliphatic carbocycles. The van der Waals surface area contributed by atoms with Crippen molar-refractivity contribution in [3.63, 3.8) is 0 Å². The zero-order valence-electron chi connectivity index (χ0n) is 11.6.